The van der Waals surface area contributed by atoms with Crippen molar-refractivity contribution in [2.24, 2.45) is 0 Å². The lowest BCUT2D eigenvalue weighted by atomic mass is 10.1. The van der Waals surface area contributed by atoms with Gasteiger partial charge in [-0.1, -0.05) is 12.1 Å². The molecule has 0 radical (unpaired) electrons. The van der Waals surface area contributed by atoms with Crippen molar-refractivity contribution in [1.82, 2.24) is 15.8 Å². The molecule has 5 N–H and O–H groups in total. The van der Waals surface area contributed by atoms with Crippen molar-refractivity contribution in [3.05, 3.63) is 34.4 Å². The third-order valence-electron chi connectivity index (χ3n) is 2.69. The first-order valence-corrected chi connectivity index (χ1v) is 6.04. The highest BCUT2D eigenvalue weighted by atomic mass is 79.9. The van der Waals surface area contributed by atoms with Gasteiger partial charge in [-0.2, -0.15) is 5.48 Å². The van der Waals surface area contributed by atoms with Crippen molar-refractivity contribution in [3.63, 3.8) is 0 Å². The van der Waals surface area contributed by atoms with Crippen molar-refractivity contribution >= 4 is 32.9 Å². The molecule has 1 aromatic carbocycles. The van der Waals surface area contributed by atoms with E-state index in [9.17, 15) is 4.79 Å². The van der Waals surface area contributed by atoms with Gasteiger partial charge in [0.05, 0.1) is 11.6 Å². The molecule has 2 rings (SSSR count). The van der Waals surface area contributed by atoms with Crippen LogP contribution in [0.3, 0.4) is 0 Å². The molecule has 0 spiro atoms. The number of nitrogens with one attached hydrogen (secondary N) is 3. The summed E-state index contributed by atoms with van der Waals surface area (Å²) >= 11 is 3.42. The minimum Gasteiger partial charge on any atom is -0.465 e. The molecule has 0 aliphatic rings. The molecule has 1 aromatic heterocycles. The van der Waals surface area contributed by atoms with Crippen molar-refractivity contribution in [1.29, 1.82) is 0 Å². The molecule has 1 atom stereocenters. The highest BCUT2D eigenvalue weighted by Gasteiger charge is 2.16. The zero-order chi connectivity index (χ0) is 13.1. The number of fused-ring (bicyclic) bond motifs is 1. The van der Waals surface area contributed by atoms with Gasteiger partial charge in [-0.25, -0.2) is 4.79 Å². The summed E-state index contributed by atoms with van der Waals surface area (Å²) in [5.41, 5.74) is 3.81. The highest BCUT2D eigenvalue weighted by Crippen LogP contribution is 2.28. The Bertz CT molecular complexity index is 570. The molecule has 0 aliphatic heterocycles. The molecule has 0 fully saturated rings. The standard InChI is InChI=1S/C11H12BrN3O3/c12-8-3-1-2-6-7(4-13-10(6)8)9(15-18)5-14-11(16)17/h1-4,9,13-15,18H,5H2,(H,16,17). The van der Waals surface area contributed by atoms with E-state index in [1.54, 1.807) is 6.20 Å². The van der Waals surface area contributed by atoms with Crippen LogP contribution < -0.4 is 10.8 Å². The Balaban J connectivity index is 2.33. The molecular formula is C11H12BrN3O3. The zero-order valence-electron chi connectivity index (χ0n) is 9.27. The van der Waals surface area contributed by atoms with Crippen molar-refractivity contribution < 1.29 is 15.1 Å². The third-order valence-corrected chi connectivity index (χ3v) is 3.35. The normalized spacial score (nSPS) is 12.6. The van der Waals surface area contributed by atoms with Gasteiger partial charge in [0.2, 0.25) is 0 Å². The number of carboxylic acid groups (broad SMARTS) is 1. The van der Waals surface area contributed by atoms with Crippen LogP contribution in [0.2, 0.25) is 0 Å². The summed E-state index contributed by atoms with van der Waals surface area (Å²) in [6.07, 6.45) is 0.614. The number of benzene rings is 1. The Morgan fingerprint density at radius 2 is 2.28 bits per heavy atom. The van der Waals surface area contributed by atoms with Gasteiger partial charge in [-0.05, 0) is 27.6 Å². The summed E-state index contributed by atoms with van der Waals surface area (Å²) < 4.78 is 0.911. The van der Waals surface area contributed by atoms with Gasteiger partial charge in [0, 0.05) is 22.6 Å². The first-order chi connectivity index (χ1) is 8.63. The number of hydrogen-bond acceptors (Lipinski definition) is 3. The van der Waals surface area contributed by atoms with Gasteiger partial charge in [0.15, 0.2) is 0 Å². The van der Waals surface area contributed by atoms with Gasteiger partial charge in [0.25, 0.3) is 0 Å². The lowest BCUT2D eigenvalue weighted by Crippen LogP contribution is -2.32. The molecule has 0 bridgehead atoms. The van der Waals surface area contributed by atoms with Crippen LogP contribution >= 0.6 is 15.9 Å². The zero-order valence-corrected chi connectivity index (χ0v) is 10.9. The summed E-state index contributed by atoms with van der Waals surface area (Å²) in [6, 6.07) is 5.17. The topological polar surface area (TPSA) is 97.4 Å². The third kappa shape index (κ3) is 2.47. The molecule has 2 aromatic rings. The molecule has 0 saturated carbocycles. The molecule has 0 saturated heterocycles. The van der Waals surface area contributed by atoms with E-state index in [1.165, 1.54) is 0 Å². The smallest absolute Gasteiger partial charge is 0.404 e. The Morgan fingerprint density at radius 3 is 2.94 bits per heavy atom. The predicted octanol–water partition coefficient (Wildman–Crippen LogP) is 2.22. The van der Waals surface area contributed by atoms with E-state index < -0.39 is 12.1 Å². The molecule has 1 amide bonds. The number of amides is 1. The highest BCUT2D eigenvalue weighted by molar-refractivity contribution is 9.10. The van der Waals surface area contributed by atoms with Gasteiger partial charge in [0.1, 0.15) is 0 Å². The number of para-hydroxylation sites is 1. The van der Waals surface area contributed by atoms with Crippen LogP contribution in [0.5, 0.6) is 0 Å². The second kappa shape index (κ2) is 5.38. The van der Waals surface area contributed by atoms with E-state index in [2.05, 4.69) is 31.7 Å². The minimum atomic E-state index is -1.13. The molecular weight excluding hydrogens is 302 g/mol. The fourth-order valence-corrected chi connectivity index (χ4v) is 2.32. The van der Waals surface area contributed by atoms with Crippen LogP contribution in [0.25, 0.3) is 10.9 Å². The first kappa shape index (κ1) is 12.9. The SMILES string of the molecule is O=C(O)NCC(NO)c1c[nH]c2c(Br)cccc12. The van der Waals surface area contributed by atoms with E-state index in [0.717, 1.165) is 20.9 Å². The molecule has 1 heterocycles. The number of aromatic nitrogens is 1. The number of hydrogen-bond donors (Lipinski definition) is 5. The molecule has 7 heteroatoms. The largest absolute Gasteiger partial charge is 0.465 e. The molecule has 0 aliphatic carbocycles. The number of carbonyl (C=O) groups is 1. The maximum absolute atomic E-state index is 10.5. The van der Waals surface area contributed by atoms with Crippen LogP contribution in [0.15, 0.2) is 28.9 Å². The lowest BCUT2D eigenvalue weighted by Gasteiger charge is -2.14. The van der Waals surface area contributed by atoms with Crippen molar-refractivity contribution in [3.8, 4) is 0 Å². The van der Waals surface area contributed by atoms with E-state index in [1.807, 2.05) is 18.2 Å². The quantitative estimate of drug-likeness (QED) is 0.559. The average Bonchev–Trinajstić information content (AvgIpc) is 2.75. The van der Waals surface area contributed by atoms with Crippen molar-refractivity contribution in [2.45, 2.75) is 6.04 Å². The fourth-order valence-electron chi connectivity index (χ4n) is 1.84. The second-order valence-electron chi connectivity index (χ2n) is 3.77. The first-order valence-electron chi connectivity index (χ1n) is 5.25. The molecule has 1 unspecified atom stereocenters. The Hall–Kier alpha value is -1.57. The van der Waals surface area contributed by atoms with Gasteiger partial charge >= 0.3 is 6.09 Å². The van der Waals surface area contributed by atoms with Gasteiger partial charge in [-0.15, -0.1) is 0 Å². The summed E-state index contributed by atoms with van der Waals surface area (Å²) in [5.74, 6) is 0. The van der Waals surface area contributed by atoms with Crippen molar-refractivity contribution in [2.75, 3.05) is 6.54 Å². The lowest BCUT2D eigenvalue weighted by molar-refractivity contribution is 0.124. The number of rotatable bonds is 4. The maximum Gasteiger partial charge on any atom is 0.404 e. The van der Waals surface area contributed by atoms with E-state index >= 15 is 0 Å². The predicted molar refractivity (Wildman–Crippen MR) is 69.7 cm³/mol. The fraction of sp³-hybridized carbons (Fsp3) is 0.182. The monoisotopic (exact) mass is 313 g/mol. The second-order valence-corrected chi connectivity index (χ2v) is 4.63. The van der Waals surface area contributed by atoms with Gasteiger partial charge in [-0.3, -0.25) is 0 Å². The van der Waals surface area contributed by atoms with Gasteiger partial charge < -0.3 is 20.6 Å². The Morgan fingerprint density at radius 1 is 1.50 bits per heavy atom. The summed E-state index contributed by atoms with van der Waals surface area (Å²) in [5, 5.41) is 20.9. The van der Waals surface area contributed by atoms with Crippen LogP contribution in [0.4, 0.5) is 4.79 Å². The average molecular weight is 314 g/mol. The summed E-state index contributed by atoms with van der Waals surface area (Å²) in [4.78, 5) is 13.6. The van der Waals surface area contributed by atoms with Crippen LogP contribution in [-0.2, 0) is 0 Å². The van der Waals surface area contributed by atoms with Crippen LogP contribution in [-0.4, -0.2) is 27.9 Å². The maximum atomic E-state index is 10.5. The minimum absolute atomic E-state index is 0.0747. The number of hydroxylamine groups is 1. The van der Waals surface area contributed by atoms with E-state index in [4.69, 9.17) is 10.3 Å². The summed E-state index contributed by atoms with van der Waals surface area (Å²) in [7, 11) is 0. The number of halogens is 1. The molecule has 6 nitrogen and oxygen atoms in total. The molecule has 96 valence electrons. The number of H-pyrrole nitrogens is 1. The van der Waals surface area contributed by atoms with Crippen LogP contribution in [0, 0.1) is 0 Å². The van der Waals surface area contributed by atoms with E-state index in [-0.39, 0.29) is 6.54 Å². The van der Waals surface area contributed by atoms with E-state index in [0.29, 0.717) is 0 Å². The summed E-state index contributed by atoms with van der Waals surface area (Å²) in [6.45, 7) is 0.0747. The van der Waals surface area contributed by atoms with Crippen LogP contribution in [0.1, 0.15) is 11.6 Å². The number of aromatic amines is 1. The molecule has 18 heavy (non-hydrogen) atoms. The Kier molecular flexibility index (Phi) is 3.85. The Labute approximate surface area is 111 Å².